The van der Waals surface area contributed by atoms with Gasteiger partial charge in [-0.05, 0) is 42.3 Å². The third-order valence-corrected chi connectivity index (χ3v) is 2.92. The van der Waals surface area contributed by atoms with Gasteiger partial charge in [-0.1, -0.05) is 25.1 Å². The van der Waals surface area contributed by atoms with Crippen LogP contribution < -0.4 is 10.1 Å². The Morgan fingerprint density at radius 3 is 2.53 bits per heavy atom. The summed E-state index contributed by atoms with van der Waals surface area (Å²) in [6.45, 7) is 3.48. The van der Waals surface area contributed by atoms with Gasteiger partial charge in [0.2, 0.25) is 0 Å². The van der Waals surface area contributed by atoms with Crippen LogP contribution in [0.2, 0.25) is 0 Å². The highest BCUT2D eigenvalue weighted by Crippen LogP contribution is 2.17. The number of nitrogens with one attached hydrogen (secondary N) is 1. The van der Waals surface area contributed by atoms with Gasteiger partial charge in [0.1, 0.15) is 18.1 Å². The molecule has 0 bridgehead atoms. The lowest BCUT2D eigenvalue weighted by molar-refractivity contribution is 0.332. The Hall–Kier alpha value is -2.16. The zero-order chi connectivity index (χ0) is 13.5. The van der Waals surface area contributed by atoms with Crippen LogP contribution in [0.1, 0.15) is 12.5 Å². The van der Waals surface area contributed by atoms with E-state index in [0.717, 1.165) is 18.7 Å². The molecule has 0 amide bonds. The molecule has 19 heavy (non-hydrogen) atoms. The van der Waals surface area contributed by atoms with E-state index in [0.29, 0.717) is 6.61 Å². The van der Waals surface area contributed by atoms with Gasteiger partial charge in [-0.15, -0.1) is 0 Å². The number of anilines is 1. The van der Waals surface area contributed by atoms with Crippen molar-refractivity contribution in [3.8, 4) is 11.5 Å². The van der Waals surface area contributed by atoms with Crippen molar-refractivity contribution in [3.05, 3.63) is 54.1 Å². The minimum atomic E-state index is 0.252. The molecule has 2 aromatic rings. The van der Waals surface area contributed by atoms with Gasteiger partial charge < -0.3 is 15.2 Å². The van der Waals surface area contributed by atoms with Crippen molar-refractivity contribution in [1.82, 2.24) is 0 Å². The fourth-order valence-electron chi connectivity index (χ4n) is 1.90. The molecule has 0 heterocycles. The van der Waals surface area contributed by atoms with Crippen molar-refractivity contribution in [2.24, 2.45) is 0 Å². The summed E-state index contributed by atoms with van der Waals surface area (Å²) in [5.41, 5.74) is 2.48. The molecule has 0 aliphatic heterocycles. The number of para-hydroxylation sites is 1. The number of benzene rings is 2. The topological polar surface area (TPSA) is 41.5 Å². The number of phenolic OH excluding ortho intramolecular Hbond substituents is 1. The molecule has 100 valence electrons. The van der Waals surface area contributed by atoms with Crippen molar-refractivity contribution in [2.45, 2.75) is 13.3 Å². The molecule has 2 rings (SSSR count). The molecule has 0 aromatic heterocycles. The van der Waals surface area contributed by atoms with E-state index in [9.17, 15) is 0 Å². The molecule has 0 aliphatic rings. The molecule has 2 N–H and O–H groups in total. The first-order chi connectivity index (χ1) is 9.29. The lowest BCUT2D eigenvalue weighted by Gasteiger charge is -2.11. The molecule has 0 fully saturated rings. The highest BCUT2D eigenvalue weighted by atomic mass is 16.5. The summed E-state index contributed by atoms with van der Waals surface area (Å²) in [5.74, 6) is 1.02. The van der Waals surface area contributed by atoms with Gasteiger partial charge in [0.25, 0.3) is 0 Å². The van der Waals surface area contributed by atoms with E-state index in [1.807, 2.05) is 6.07 Å². The Bertz CT molecular complexity index is 508. The van der Waals surface area contributed by atoms with Crippen LogP contribution in [0.4, 0.5) is 5.69 Å². The summed E-state index contributed by atoms with van der Waals surface area (Å²) in [6, 6.07) is 15.1. The van der Waals surface area contributed by atoms with Gasteiger partial charge in [-0.2, -0.15) is 0 Å². The van der Waals surface area contributed by atoms with E-state index in [4.69, 9.17) is 9.84 Å². The van der Waals surface area contributed by atoms with Crippen LogP contribution in [0.25, 0.3) is 0 Å². The van der Waals surface area contributed by atoms with Crippen molar-refractivity contribution in [1.29, 1.82) is 0 Å². The lowest BCUT2D eigenvalue weighted by Crippen LogP contribution is -2.12. The van der Waals surface area contributed by atoms with Crippen LogP contribution in [-0.4, -0.2) is 18.3 Å². The van der Waals surface area contributed by atoms with Gasteiger partial charge in [-0.25, -0.2) is 0 Å². The number of rotatable bonds is 6. The standard InChI is InChI=1S/C16H19NO2/c1-2-13-5-3-4-6-16(13)17-11-12-19-15-9-7-14(18)8-10-15/h3-10,17-18H,2,11-12H2,1H3. The third kappa shape index (κ3) is 3.91. The van der Waals surface area contributed by atoms with Gasteiger partial charge in [0.15, 0.2) is 0 Å². The maximum absolute atomic E-state index is 9.17. The van der Waals surface area contributed by atoms with Crippen LogP contribution in [0.5, 0.6) is 11.5 Å². The van der Waals surface area contributed by atoms with E-state index in [1.165, 1.54) is 11.3 Å². The second kappa shape index (κ2) is 6.69. The molecule has 0 unspecified atom stereocenters. The van der Waals surface area contributed by atoms with Crippen molar-refractivity contribution < 1.29 is 9.84 Å². The summed E-state index contributed by atoms with van der Waals surface area (Å²) in [4.78, 5) is 0. The number of aryl methyl sites for hydroxylation is 1. The second-order valence-electron chi connectivity index (χ2n) is 4.28. The van der Waals surface area contributed by atoms with E-state index in [-0.39, 0.29) is 5.75 Å². The molecule has 3 heteroatoms. The van der Waals surface area contributed by atoms with Crippen molar-refractivity contribution >= 4 is 5.69 Å². The molecule has 0 saturated carbocycles. The summed E-state index contributed by atoms with van der Waals surface area (Å²) < 4.78 is 5.58. The Morgan fingerprint density at radius 2 is 1.79 bits per heavy atom. The maximum Gasteiger partial charge on any atom is 0.119 e. The van der Waals surface area contributed by atoms with Crippen molar-refractivity contribution in [3.63, 3.8) is 0 Å². The normalized spacial score (nSPS) is 10.2. The molecule has 0 atom stereocenters. The molecule has 0 aliphatic carbocycles. The predicted molar refractivity (Wildman–Crippen MR) is 77.9 cm³/mol. The summed E-state index contributed by atoms with van der Waals surface area (Å²) in [5, 5.41) is 12.5. The van der Waals surface area contributed by atoms with E-state index < -0.39 is 0 Å². The summed E-state index contributed by atoms with van der Waals surface area (Å²) in [6.07, 6.45) is 1.02. The Morgan fingerprint density at radius 1 is 1.05 bits per heavy atom. The number of phenols is 1. The predicted octanol–water partition coefficient (Wildman–Crippen LogP) is 3.45. The Kier molecular flexibility index (Phi) is 4.67. The second-order valence-corrected chi connectivity index (χ2v) is 4.28. The van der Waals surface area contributed by atoms with Crippen LogP contribution in [0.15, 0.2) is 48.5 Å². The Labute approximate surface area is 113 Å². The van der Waals surface area contributed by atoms with Crippen LogP contribution in [0, 0.1) is 0 Å². The van der Waals surface area contributed by atoms with E-state index >= 15 is 0 Å². The number of hydrogen-bond donors (Lipinski definition) is 2. The largest absolute Gasteiger partial charge is 0.508 e. The molecular formula is C16H19NO2. The first-order valence-electron chi connectivity index (χ1n) is 6.53. The molecule has 0 saturated heterocycles. The zero-order valence-corrected chi connectivity index (χ0v) is 11.1. The first-order valence-corrected chi connectivity index (χ1v) is 6.53. The average Bonchev–Trinajstić information content (AvgIpc) is 2.46. The number of ether oxygens (including phenoxy) is 1. The zero-order valence-electron chi connectivity index (χ0n) is 11.1. The first kappa shape index (κ1) is 13.3. The fraction of sp³-hybridized carbons (Fsp3) is 0.250. The maximum atomic E-state index is 9.17. The minimum Gasteiger partial charge on any atom is -0.508 e. The van der Waals surface area contributed by atoms with Crippen LogP contribution >= 0.6 is 0 Å². The quantitative estimate of drug-likeness (QED) is 0.779. The van der Waals surface area contributed by atoms with Gasteiger partial charge in [0, 0.05) is 12.2 Å². The monoisotopic (exact) mass is 257 g/mol. The van der Waals surface area contributed by atoms with Crippen LogP contribution in [0.3, 0.4) is 0 Å². The van der Waals surface area contributed by atoms with Crippen molar-refractivity contribution in [2.75, 3.05) is 18.5 Å². The summed E-state index contributed by atoms with van der Waals surface area (Å²) >= 11 is 0. The van der Waals surface area contributed by atoms with Gasteiger partial charge >= 0.3 is 0 Å². The average molecular weight is 257 g/mol. The third-order valence-electron chi connectivity index (χ3n) is 2.92. The van der Waals surface area contributed by atoms with Crippen LogP contribution in [-0.2, 0) is 6.42 Å². The van der Waals surface area contributed by atoms with E-state index in [2.05, 4.69) is 30.4 Å². The lowest BCUT2D eigenvalue weighted by atomic mass is 10.1. The van der Waals surface area contributed by atoms with Gasteiger partial charge in [-0.3, -0.25) is 0 Å². The minimum absolute atomic E-state index is 0.252. The number of aromatic hydroxyl groups is 1. The summed E-state index contributed by atoms with van der Waals surface area (Å²) in [7, 11) is 0. The van der Waals surface area contributed by atoms with Gasteiger partial charge in [0.05, 0.1) is 0 Å². The fourth-order valence-corrected chi connectivity index (χ4v) is 1.90. The highest BCUT2D eigenvalue weighted by Gasteiger charge is 1.98. The SMILES string of the molecule is CCc1ccccc1NCCOc1ccc(O)cc1. The molecule has 2 aromatic carbocycles. The Balaban J connectivity index is 1.79. The smallest absolute Gasteiger partial charge is 0.119 e. The van der Waals surface area contributed by atoms with E-state index in [1.54, 1.807) is 24.3 Å². The molecular weight excluding hydrogens is 238 g/mol. The molecule has 0 radical (unpaired) electrons. The molecule has 3 nitrogen and oxygen atoms in total. The molecule has 0 spiro atoms. The number of hydrogen-bond acceptors (Lipinski definition) is 3. The highest BCUT2D eigenvalue weighted by molar-refractivity contribution is 5.51.